The number of benzene rings is 1. The van der Waals surface area contributed by atoms with Crippen LogP contribution in [0, 0.1) is 11.3 Å². The number of β-lactam (4-membered cyclic amide) rings is 1. The van der Waals surface area contributed by atoms with Crippen LogP contribution in [-0.4, -0.2) is 67.0 Å². The first-order chi connectivity index (χ1) is 21.7. The molecule has 5 heterocycles. The van der Waals surface area contributed by atoms with Crippen molar-refractivity contribution in [1.29, 1.82) is 5.41 Å². The Morgan fingerprint density at radius 1 is 1.24 bits per heavy atom. The highest BCUT2D eigenvalue weighted by atomic mass is 32.2. The summed E-state index contributed by atoms with van der Waals surface area (Å²) < 4.78 is 4.07. The van der Waals surface area contributed by atoms with E-state index in [1.54, 1.807) is 5.38 Å². The Bertz CT molecular complexity index is 1910. The predicted molar refractivity (Wildman–Crippen MR) is 170 cm³/mol. The first-order valence-electron chi connectivity index (χ1n) is 13.8. The second kappa shape index (κ2) is 12.2. The molecule has 2 aliphatic heterocycles. The number of hydrogen-bond acceptors (Lipinski definition) is 10. The molecular weight excluding hydrogens is 617 g/mol. The number of amidine groups is 1. The zero-order valence-corrected chi connectivity index (χ0v) is 25.7. The molecule has 1 amide bonds. The lowest BCUT2D eigenvalue weighted by Gasteiger charge is -2.49. The number of anilines is 1. The van der Waals surface area contributed by atoms with E-state index in [4.69, 9.17) is 21.7 Å². The van der Waals surface area contributed by atoms with Crippen molar-refractivity contribution in [2.45, 2.75) is 24.9 Å². The number of aliphatic carboxylic acids is 1. The van der Waals surface area contributed by atoms with Crippen molar-refractivity contribution < 1.29 is 28.9 Å². The van der Waals surface area contributed by atoms with Gasteiger partial charge in [-0.1, -0.05) is 29.4 Å². The summed E-state index contributed by atoms with van der Waals surface area (Å²) in [5.41, 5.74) is 15.7. The minimum atomic E-state index is -1.19. The van der Waals surface area contributed by atoms with Gasteiger partial charge in [0.05, 0.1) is 11.3 Å². The maximum Gasteiger partial charge on any atom is 0.352 e. The summed E-state index contributed by atoms with van der Waals surface area (Å²) in [5.74, 6) is -2.35. The molecule has 1 saturated heterocycles. The first-order valence-corrected chi connectivity index (χ1v) is 15.8. The Morgan fingerprint density at radius 2 is 2.02 bits per heavy atom. The lowest BCUT2D eigenvalue weighted by Crippen LogP contribution is -2.62. The number of fused-ring (bicyclic) bond motifs is 2. The summed E-state index contributed by atoms with van der Waals surface area (Å²) in [4.78, 5) is 49.3. The van der Waals surface area contributed by atoms with Crippen LogP contribution in [0.2, 0.25) is 0 Å². The molecule has 1 fully saturated rings. The molecule has 0 bridgehead atoms. The van der Waals surface area contributed by atoms with Crippen LogP contribution in [0.15, 0.2) is 76.7 Å². The number of nitrogens with zero attached hydrogens (tertiary/aromatic N) is 5. The second-order valence-corrected chi connectivity index (χ2v) is 12.5. The molecule has 4 aromatic rings. The number of ketones is 1. The van der Waals surface area contributed by atoms with Crippen LogP contribution in [0.1, 0.15) is 23.2 Å². The summed E-state index contributed by atoms with van der Waals surface area (Å²) in [7, 11) is 1.31. The summed E-state index contributed by atoms with van der Waals surface area (Å²) in [6.07, 6.45) is 3.70. The number of carboxylic acid groups (broad SMARTS) is 1. The number of amides is 1. The van der Waals surface area contributed by atoms with Crippen LogP contribution in [0.25, 0.3) is 11.0 Å². The minimum Gasteiger partial charge on any atom is -0.477 e. The number of aromatic nitrogens is 3. The van der Waals surface area contributed by atoms with Crippen molar-refractivity contribution in [2.24, 2.45) is 16.8 Å². The van der Waals surface area contributed by atoms with Crippen molar-refractivity contribution in [3.8, 4) is 0 Å². The van der Waals surface area contributed by atoms with Gasteiger partial charge >= 0.3 is 5.97 Å². The van der Waals surface area contributed by atoms with E-state index in [0.29, 0.717) is 23.4 Å². The standard InChI is InChI=1S/C30H28N8O5S2/c1-43-35-24(20-15-45-30(33)34-20)23(39)11-19-27(40)38-25(29(41)42)18(14-44-28(19)38)13-36-9-2-3-21-22(36)8-10-37(21)12-16-4-6-17(7-5-16)26(31)32/h2-10,15,19,28H,11-14H2,1H3,(H5-,31,32,33,34,41,42)/p+1/b35-24-/t19-,28-/m1/s1. The van der Waals surface area contributed by atoms with Gasteiger partial charge < -0.3 is 26.0 Å². The zero-order chi connectivity index (χ0) is 31.8. The minimum absolute atomic E-state index is 0.0171. The fraction of sp³-hybridized carbons (Fsp3) is 0.233. The molecule has 0 saturated carbocycles. The van der Waals surface area contributed by atoms with Crippen molar-refractivity contribution in [1.82, 2.24) is 14.5 Å². The normalized spacial score (nSPS) is 18.1. The lowest BCUT2D eigenvalue weighted by molar-refractivity contribution is -0.663. The van der Waals surface area contributed by atoms with Crippen molar-refractivity contribution in [3.63, 3.8) is 0 Å². The number of pyridine rings is 1. The van der Waals surface area contributed by atoms with E-state index in [9.17, 15) is 19.5 Å². The number of thioether (sulfide) groups is 1. The molecule has 0 unspecified atom stereocenters. The van der Waals surface area contributed by atoms with Gasteiger partial charge in [-0.3, -0.25) is 19.9 Å². The Hall–Kier alpha value is -5.02. The van der Waals surface area contributed by atoms with E-state index >= 15 is 0 Å². The van der Waals surface area contributed by atoms with E-state index < -0.39 is 29.0 Å². The highest BCUT2D eigenvalue weighted by Gasteiger charge is 2.54. The van der Waals surface area contributed by atoms with Gasteiger partial charge in [0.2, 0.25) is 11.4 Å². The van der Waals surface area contributed by atoms with Crippen LogP contribution in [0.3, 0.4) is 0 Å². The Balaban J connectivity index is 1.21. The van der Waals surface area contributed by atoms with Gasteiger partial charge in [-0.2, -0.15) is 4.57 Å². The number of hydrogen-bond donors (Lipinski definition) is 4. The molecule has 230 valence electrons. The Labute approximate surface area is 265 Å². The zero-order valence-electron chi connectivity index (χ0n) is 24.0. The molecule has 2 atom stereocenters. The summed E-state index contributed by atoms with van der Waals surface area (Å²) in [6, 6.07) is 13.4. The average Bonchev–Trinajstić information content (AvgIpc) is 3.64. The third kappa shape index (κ3) is 5.67. The maximum atomic E-state index is 13.3. The number of carboxylic acids is 1. The highest BCUT2D eigenvalue weighted by molar-refractivity contribution is 8.00. The van der Waals surface area contributed by atoms with Gasteiger partial charge in [0.15, 0.2) is 29.4 Å². The summed E-state index contributed by atoms with van der Waals surface area (Å²) in [6.45, 7) is 0.876. The number of rotatable bonds is 11. The smallest absolute Gasteiger partial charge is 0.352 e. The fourth-order valence-electron chi connectivity index (χ4n) is 5.65. The molecule has 15 heteroatoms. The molecule has 0 radical (unpaired) electrons. The highest BCUT2D eigenvalue weighted by Crippen LogP contribution is 2.45. The summed E-state index contributed by atoms with van der Waals surface area (Å²) >= 11 is 2.60. The number of carbonyl (C=O) groups is 3. The number of Topliss-reactive ketones (excluding diaryl/α,β-unsaturated/α-hetero) is 1. The molecule has 6 N–H and O–H groups in total. The number of oxime groups is 1. The molecule has 3 aromatic heterocycles. The van der Waals surface area contributed by atoms with Crippen LogP contribution in [0.4, 0.5) is 5.13 Å². The third-order valence-corrected chi connectivity index (χ3v) is 9.84. The molecule has 13 nitrogen and oxygen atoms in total. The van der Waals surface area contributed by atoms with Gasteiger partial charge in [-0.05, 0) is 11.6 Å². The largest absolute Gasteiger partial charge is 0.477 e. The second-order valence-electron chi connectivity index (χ2n) is 10.6. The van der Waals surface area contributed by atoms with Crippen LogP contribution < -0.4 is 16.0 Å². The summed E-state index contributed by atoms with van der Waals surface area (Å²) in [5, 5.41) is 23.0. The quantitative estimate of drug-likeness (QED) is 0.0622. The third-order valence-electron chi connectivity index (χ3n) is 7.77. The first kappa shape index (κ1) is 30.0. The molecule has 6 rings (SSSR count). The molecule has 2 aliphatic rings. The van der Waals surface area contributed by atoms with Gasteiger partial charge in [0.1, 0.15) is 29.9 Å². The van der Waals surface area contributed by atoms with Crippen LogP contribution >= 0.6 is 23.1 Å². The molecule has 45 heavy (non-hydrogen) atoms. The van der Waals surface area contributed by atoms with E-state index in [0.717, 1.165) is 27.9 Å². The number of nitrogen functional groups attached to an aromatic ring is 2. The van der Waals surface area contributed by atoms with E-state index in [-0.39, 0.29) is 41.0 Å². The molecule has 0 aliphatic carbocycles. The van der Waals surface area contributed by atoms with Crippen molar-refractivity contribution in [2.75, 3.05) is 18.6 Å². The predicted octanol–water partition coefficient (Wildman–Crippen LogP) is 2.18. The van der Waals surface area contributed by atoms with E-state index in [1.165, 1.54) is 23.8 Å². The monoisotopic (exact) mass is 645 g/mol. The molecule has 1 aromatic carbocycles. The van der Waals surface area contributed by atoms with Gasteiger partial charge in [-0.15, -0.1) is 23.1 Å². The van der Waals surface area contributed by atoms with Crippen LogP contribution in [0.5, 0.6) is 0 Å². The Morgan fingerprint density at radius 3 is 2.69 bits per heavy atom. The van der Waals surface area contributed by atoms with Crippen molar-refractivity contribution in [3.05, 3.63) is 88.3 Å². The molecular formula is C30H29N8O5S2+. The Kier molecular flexibility index (Phi) is 8.12. The average molecular weight is 646 g/mol. The van der Waals surface area contributed by atoms with E-state index in [1.807, 2.05) is 59.4 Å². The number of carbonyl (C=O) groups excluding carboxylic acids is 2. The van der Waals surface area contributed by atoms with Crippen molar-refractivity contribution >= 4 is 68.5 Å². The van der Waals surface area contributed by atoms with Gasteiger partial charge in [-0.25, -0.2) is 9.78 Å². The number of nitrogens with one attached hydrogen (secondary N) is 1. The van der Waals surface area contributed by atoms with Gasteiger partial charge in [0, 0.05) is 53.6 Å². The number of nitrogens with two attached hydrogens (primary N) is 2. The topological polar surface area (TPSA) is 194 Å². The van der Waals surface area contributed by atoms with E-state index in [2.05, 4.69) is 14.7 Å². The fourth-order valence-corrected chi connectivity index (χ4v) is 7.60. The van der Waals surface area contributed by atoms with Crippen LogP contribution in [-0.2, 0) is 32.3 Å². The lowest BCUT2D eigenvalue weighted by atomic mass is 9.89. The molecule has 0 spiro atoms. The van der Waals surface area contributed by atoms with Gasteiger partial charge in [0.25, 0.3) is 0 Å². The number of thiazole rings is 1. The maximum absolute atomic E-state index is 13.3. The SMILES string of the molecule is CO/N=C(\C(=O)C[C@@H]1C(=O)N2C(C(=O)O)=C(C[n+]3cccc4c3ccn4Cc3ccc(C(=N)N)cc3)CS[C@H]12)c1csc(N)n1.